The summed E-state index contributed by atoms with van der Waals surface area (Å²) in [6.45, 7) is 10.2. The van der Waals surface area contributed by atoms with Gasteiger partial charge in [0.05, 0.1) is 44.4 Å². The Morgan fingerprint density at radius 3 is 1.46 bits per heavy atom. The first-order valence-electron chi connectivity index (χ1n) is 21.4. The molecule has 0 heterocycles. The van der Waals surface area contributed by atoms with E-state index in [1.54, 1.807) is 24.3 Å². The fourth-order valence-corrected chi connectivity index (χ4v) is 6.79. The van der Waals surface area contributed by atoms with E-state index in [2.05, 4.69) is 25.0 Å². The van der Waals surface area contributed by atoms with Crippen LogP contribution >= 0.6 is 0 Å². The van der Waals surface area contributed by atoms with Gasteiger partial charge in [-0.3, -0.25) is 4.79 Å². The normalized spacial score (nSPS) is 14.9. The number of hydrogen-bond acceptors (Lipinski definition) is 8. The summed E-state index contributed by atoms with van der Waals surface area (Å²) in [5.74, 6) is 5.90. The van der Waals surface area contributed by atoms with Crippen molar-refractivity contribution in [3.8, 4) is 29.1 Å². The van der Waals surface area contributed by atoms with Crippen LogP contribution in [-0.2, 0) is 23.8 Å². The molecule has 1 aliphatic carbocycles. The lowest BCUT2D eigenvalue weighted by molar-refractivity contribution is -0.141. The third-order valence-corrected chi connectivity index (χ3v) is 10.1. The van der Waals surface area contributed by atoms with Crippen LogP contribution in [0.1, 0.15) is 147 Å². The second-order valence-electron chi connectivity index (χ2n) is 14.7. The second-order valence-corrected chi connectivity index (χ2v) is 14.7. The van der Waals surface area contributed by atoms with Gasteiger partial charge in [0.1, 0.15) is 17.2 Å². The Morgan fingerprint density at radius 2 is 0.964 bits per heavy atom. The Morgan fingerprint density at radius 1 is 0.536 bits per heavy atom. The van der Waals surface area contributed by atoms with Gasteiger partial charge < -0.3 is 28.4 Å². The van der Waals surface area contributed by atoms with Gasteiger partial charge in [-0.25, -0.2) is 4.79 Å². The average Bonchev–Trinajstić information content (AvgIpc) is 3.22. The molecule has 8 nitrogen and oxygen atoms in total. The molecule has 0 atom stereocenters. The Bertz CT molecular complexity index is 1400. The third kappa shape index (κ3) is 22.4. The zero-order valence-electron chi connectivity index (χ0n) is 34.0. The number of rotatable bonds is 31. The molecule has 0 aromatic heterocycles. The van der Waals surface area contributed by atoms with E-state index in [-0.39, 0.29) is 18.0 Å². The average molecular weight is 773 g/mol. The van der Waals surface area contributed by atoms with Gasteiger partial charge in [0.25, 0.3) is 0 Å². The number of ether oxygens (including phenoxy) is 6. The smallest absolute Gasteiger partial charge is 0.390 e. The maximum Gasteiger partial charge on any atom is 0.390 e. The largest absolute Gasteiger partial charge is 0.502 e. The highest BCUT2D eigenvalue weighted by molar-refractivity contribution is 5.90. The lowest BCUT2D eigenvalue weighted by Gasteiger charge is -2.27. The number of carbonyl (C=O) groups excluding carboxylic acids is 2. The van der Waals surface area contributed by atoms with Crippen LogP contribution < -0.4 is 14.2 Å². The van der Waals surface area contributed by atoms with Crippen molar-refractivity contribution in [2.75, 3.05) is 26.4 Å². The SMILES string of the molecule is C=COCCCCCCCCCCCOc1ccc(C#CC(=O)Oc2ccc(OC(=O)C3CCC(OCCCCCCCCCCCOC=C)CC3)cc2)cc1. The van der Waals surface area contributed by atoms with Crippen LogP contribution in [0.25, 0.3) is 0 Å². The molecule has 56 heavy (non-hydrogen) atoms. The highest BCUT2D eigenvalue weighted by Gasteiger charge is 2.28. The van der Waals surface area contributed by atoms with Crippen molar-refractivity contribution in [2.45, 2.75) is 147 Å². The van der Waals surface area contributed by atoms with Crippen LogP contribution in [0.15, 0.2) is 74.2 Å². The van der Waals surface area contributed by atoms with Gasteiger partial charge in [-0.2, -0.15) is 0 Å². The van der Waals surface area contributed by atoms with Crippen molar-refractivity contribution >= 4 is 11.9 Å². The van der Waals surface area contributed by atoms with Crippen LogP contribution in [-0.4, -0.2) is 44.5 Å². The molecule has 1 fully saturated rings. The minimum absolute atomic E-state index is 0.132. The van der Waals surface area contributed by atoms with Gasteiger partial charge in [-0.05, 0) is 99.9 Å². The zero-order valence-corrected chi connectivity index (χ0v) is 34.0. The lowest BCUT2D eigenvalue weighted by atomic mass is 9.87. The van der Waals surface area contributed by atoms with E-state index in [0.29, 0.717) is 23.7 Å². The Hall–Kier alpha value is -4.22. The Balaban J connectivity index is 1.19. The number of unbranched alkanes of at least 4 members (excludes halogenated alkanes) is 16. The number of benzene rings is 2. The first-order valence-corrected chi connectivity index (χ1v) is 21.4. The molecule has 308 valence electrons. The van der Waals surface area contributed by atoms with E-state index in [9.17, 15) is 9.59 Å². The standard InChI is InChI=1S/C48H68O8/c1-3-51-37-19-15-11-7-5-9-13-17-21-39-53-43-28-23-41(24-29-43)25-36-47(49)55-45-32-34-46(35-33-45)56-48(50)42-26-30-44(31-27-42)54-40-22-18-14-10-6-8-12-16-20-38-52-4-2/h3-4,23-24,28-29,32-35,42,44H,1-2,5-22,26-27,30-31,37-40H2. The molecule has 0 amide bonds. The Labute approximate surface area is 337 Å². The van der Waals surface area contributed by atoms with Crippen molar-refractivity contribution in [3.05, 3.63) is 79.8 Å². The van der Waals surface area contributed by atoms with E-state index in [1.807, 2.05) is 24.3 Å². The molecule has 0 saturated heterocycles. The molecule has 0 aliphatic heterocycles. The molecule has 2 aromatic rings. The van der Waals surface area contributed by atoms with E-state index >= 15 is 0 Å². The highest BCUT2D eigenvalue weighted by Crippen LogP contribution is 2.29. The fourth-order valence-electron chi connectivity index (χ4n) is 6.79. The molecule has 0 N–H and O–H groups in total. The molecule has 0 bridgehead atoms. The van der Waals surface area contributed by atoms with Crippen molar-refractivity contribution in [1.82, 2.24) is 0 Å². The summed E-state index contributed by atoms with van der Waals surface area (Å²) >= 11 is 0. The molecule has 0 radical (unpaired) electrons. The van der Waals surface area contributed by atoms with Crippen LogP contribution in [0.5, 0.6) is 17.2 Å². The van der Waals surface area contributed by atoms with Gasteiger partial charge in [0.2, 0.25) is 0 Å². The quantitative estimate of drug-likeness (QED) is 0.0246. The van der Waals surface area contributed by atoms with Gasteiger partial charge >= 0.3 is 11.9 Å². The van der Waals surface area contributed by atoms with Crippen LogP contribution in [0.3, 0.4) is 0 Å². The molecule has 1 aliphatic rings. The number of esters is 2. The molecule has 2 aromatic carbocycles. The molecule has 0 spiro atoms. The summed E-state index contributed by atoms with van der Waals surface area (Å²) in [6.07, 6.45) is 28.5. The van der Waals surface area contributed by atoms with Crippen molar-refractivity contribution in [3.63, 3.8) is 0 Å². The molecular formula is C48H68O8. The summed E-state index contributed by atoms with van der Waals surface area (Å²) in [4.78, 5) is 25.2. The summed E-state index contributed by atoms with van der Waals surface area (Å²) < 4.78 is 33.3. The van der Waals surface area contributed by atoms with Gasteiger partial charge in [0, 0.05) is 18.1 Å². The molecule has 3 rings (SSSR count). The van der Waals surface area contributed by atoms with E-state index in [4.69, 9.17) is 28.4 Å². The van der Waals surface area contributed by atoms with Gasteiger partial charge in [-0.15, -0.1) is 0 Å². The predicted molar refractivity (Wildman–Crippen MR) is 224 cm³/mol. The molecule has 0 unspecified atom stereocenters. The van der Waals surface area contributed by atoms with Gasteiger partial charge in [-0.1, -0.05) is 109 Å². The maximum atomic E-state index is 12.8. The Kier molecular flexibility index (Phi) is 25.5. The minimum Gasteiger partial charge on any atom is -0.502 e. The minimum atomic E-state index is -0.666. The van der Waals surface area contributed by atoms with Crippen molar-refractivity contribution in [2.24, 2.45) is 5.92 Å². The van der Waals surface area contributed by atoms with Crippen LogP contribution in [0.4, 0.5) is 0 Å². The van der Waals surface area contributed by atoms with Crippen molar-refractivity contribution < 1.29 is 38.0 Å². The molecule has 1 saturated carbocycles. The van der Waals surface area contributed by atoms with E-state index in [0.717, 1.165) is 76.9 Å². The summed E-state index contributed by atoms with van der Waals surface area (Å²) in [7, 11) is 0. The maximum absolute atomic E-state index is 12.8. The summed E-state index contributed by atoms with van der Waals surface area (Å²) in [5.41, 5.74) is 0.695. The first kappa shape index (κ1) is 46.2. The molecule has 8 heteroatoms. The summed E-state index contributed by atoms with van der Waals surface area (Å²) in [5, 5.41) is 0. The first-order chi connectivity index (χ1) is 27.6. The fraction of sp³-hybridized carbons (Fsp3) is 0.583. The number of hydrogen-bond donors (Lipinski definition) is 0. The van der Waals surface area contributed by atoms with E-state index < -0.39 is 5.97 Å². The third-order valence-electron chi connectivity index (χ3n) is 10.1. The number of carbonyl (C=O) groups is 2. The predicted octanol–water partition coefficient (Wildman–Crippen LogP) is 11.8. The lowest BCUT2D eigenvalue weighted by Crippen LogP contribution is -2.29. The van der Waals surface area contributed by atoms with Crippen LogP contribution in [0, 0.1) is 17.8 Å². The summed E-state index contributed by atoms with van der Waals surface area (Å²) in [6, 6.07) is 13.9. The monoisotopic (exact) mass is 772 g/mol. The van der Waals surface area contributed by atoms with E-state index in [1.165, 1.54) is 102 Å². The van der Waals surface area contributed by atoms with Crippen LogP contribution in [0.2, 0.25) is 0 Å². The van der Waals surface area contributed by atoms with Crippen molar-refractivity contribution in [1.29, 1.82) is 0 Å². The highest BCUT2D eigenvalue weighted by atomic mass is 16.5. The second kappa shape index (κ2) is 30.9. The topological polar surface area (TPSA) is 89.5 Å². The zero-order chi connectivity index (χ0) is 39.7. The van der Waals surface area contributed by atoms with Gasteiger partial charge in [0.15, 0.2) is 0 Å². The molecular weight excluding hydrogens is 705 g/mol.